The van der Waals surface area contributed by atoms with Gasteiger partial charge >= 0.3 is 0 Å². The molecule has 2 heterocycles. The van der Waals surface area contributed by atoms with Crippen LogP contribution in [0.15, 0.2) is 0 Å². The smallest absolute Gasteiger partial charge is 0.242 e. The zero-order valence-corrected chi connectivity index (χ0v) is 11.2. The molecule has 0 bridgehead atoms. The van der Waals surface area contributed by atoms with Gasteiger partial charge in [0.25, 0.3) is 0 Å². The molecule has 108 valence electrons. The molecule has 0 saturated carbocycles. The summed E-state index contributed by atoms with van der Waals surface area (Å²) < 4.78 is 5.67. The van der Waals surface area contributed by atoms with Crippen molar-refractivity contribution in [2.45, 2.75) is 44.2 Å². The van der Waals surface area contributed by atoms with Gasteiger partial charge in [-0.25, -0.2) is 0 Å². The van der Waals surface area contributed by atoms with Gasteiger partial charge in [0, 0.05) is 13.0 Å². The Morgan fingerprint density at radius 2 is 2.05 bits per heavy atom. The highest BCUT2D eigenvalue weighted by atomic mass is 16.5. The highest BCUT2D eigenvalue weighted by molar-refractivity contribution is 5.88. The Morgan fingerprint density at radius 1 is 1.26 bits per heavy atom. The van der Waals surface area contributed by atoms with Crippen molar-refractivity contribution in [3.05, 3.63) is 0 Å². The Labute approximate surface area is 113 Å². The molecule has 6 nitrogen and oxygen atoms in total. The van der Waals surface area contributed by atoms with E-state index < -0.39 is 0 Å². The molecule has 0 aliphatic carbocycles. The second kappa shape index (κ2) is 7.45. The summed E-state index contributed by atoms with van der Waals surface area (Å²) in [6.45, 7) is 3.12. The highest BCUT2D eigenvalue weighted by Crippen LogP contribution is 2.08. The summed E-state index contributed by atoms with van der Waals surface area (Å²) >= 11 is 0. The molecule has 0 aromatic carbocycles. The lowest BCUT2D eigenvalue weighted by molar-refractivity contribution is -0.130. The zero-order valence-electron chi connectivity index (χ0n) is 11.2. The number of carbonyl (C=O) groups excluding carboxylic acids is 2. The molecule has 0 aromatic rings. The van der Waals surface area contributed by atoms with Crippen molar-refractivity contribution in [3.8, 4) is 0 Å². The van der Waals surface area contributed by atoms with Crippen LogP contribution in [0.3, 0.4) is 0 Å². The van der Waals surface area contributed by atoms with Crippen molar-refractivity contribution in [2.75, 3.05) is 26.2 Å². The normalized spacial score (nSPS) is 24.8. The third kappa shape index (κ3) is 4.80. The third-order valence-electron chi connectivity index (χ3n) is 3.59. The molecule has 2 amide bonds. The number of hydrogen-bond acceptors (Lipinski definition) is 4. The molecule has 0 spiro atoms. The number of hydrogen-bond donors (Lipinski definition) is 3. The number of amides is 2. The molecule has 2 fully saturated rings. The van der Waals surface area contributed by atoms with E-state index in [4.69, 9.17) is 4.74 Å². The van der Waals surface area contributed by atoms with E-state index in [1.54, 1.807) is 0 Å². The summed E-state index contributed by atoms with van der Waals surface area (Å²) in [5.41, 5.74) is 0. The number of ether oxygens (including phenoxy) is 1. The van der Waals surface area contributed by atoms with Crippen molar-refractivity contribution in [2.24, 2.45) is 0 Å². The minimum absolute atomic E-state index is 0.0705. The van der Waals surface area contributed by atoms with E-state index in [9.17, 15) is 9.59 Å². The number of nitrogens with one attached hydrogen (secondary N) is 3. The average molecular weight is 269 g/mol. The van der Waals surface area contributed by atoms with Crippen molar-refractivity contribution in [1.82, 2.24) is 16.0 Å². The van der Waals surface area contributed by atoms with E-state index in [2.05, 4.69) is 16.0 Å². The molecule has 6 heteroatoms. The maximum absolute atomic E-state index is 11.7. The molecule has 2 saturated heterocycles. The van der Waals surface area contributed by atoms with Crippen LogP contribution < -0.4 is 16.0 Å². The Balaban J connectivity index is 1.59. The van der Waals surface area contributed by atoms with E-state index >= 15 is 0 Å². The highest BCUT2D eigenvalue weighted by Gasteiger charge is 2.23. The lowest BCUT2D eigenvalue weighted by Gasteiger charge is -2.24. The maximum atomic E-state index is 11.7. The fraction of sp³-hybridized carbons (Fsp3) is 0.846. The van der Waals surface area contributed by atoms with Crippen molar-refractivity contribution >= 4 is 11.8 Å². The molecule has 0 aromatic heterocycles. The van der Waals surface area contributed by atoms with Crippen LogP contribution in [-0.2, 0) is 14.3 Å². The first-order chi connectivity index (χ1) is 9.25. The predicted octanol–water partition coefficient (Wildman–Crippen LogP) is -0.460. The minimum atomic E-state index is -0.361. The van der Waals surface area contributed by atoms with Crippen LogP contribution >= 0.6 is 0 Å². The van der Waals surface area contributed by atoms with E-state index in [-0.39, 0.29) is 24.0 Å². The minimum Gasteiger partial charge on any atom is -0.378 e. The van der Waals surface area contributed by atoms with Crippen molar-refractivity contribution in [3.63, 3.8) is 0 Å². The monoisotopic (exact) mass is 269 g/mol. The van der Waals surface area contributed by atoms with Gasteiger partial charge in [-0.05, 0) is 38.8 Å². The molecule has 1 atom stereocenters. The fourth-order valence-corrected chi connectivity index (χ4v) is 2.46. The van der Waals surface area contributed by atoms with Gasteiger partial charge in [0.1, 0.15) is 6.04 Å². The molecular formula is C13H23N3O3. The van der Waals surface area contributed by atoms with Gasteiger partial charge in [-0.2, -0.15) is 0 Å². The van der Waals surface area contributed by atoms with E-state index in [0.29, 0.717) is 19.6 Å². The van der Waals surface area contributed by atoms with Crippen LogP contribution in [0.2, 0.25) is 0 Å². The fourth-order valence-electron chi connectivity index (χ4n) is 2.46. The zero-order chi connectivity index (χ0) is 13.5. The van der Waals surface area contributed by atoms with Gasteiger partial charge in [0.2, 0.25) is 11.8 Å². The molecule has 2 aliphatic heterocycles. The standard InChI is InChI=1S/C13H23N3O3/c17-12(16-11-2-1-6-15-13(11)18)5-9-19-10-3-7-14-8-4-10/h10-11,14H,1-9H2,(H,15,18)(H,16,17). The van der Waals surface area contributed by atoms with Crippen LogP contribution in [0.5, 0.6) is 0 Å². The summed E-state index contributed by atoms with van der Waals surface area (Å²) in [6, 6.07) is -0.361. The summed E-state index contributed by atoms with van der Waals surface area (Å²) in [5, 5.41) is 8.79. The number of piperidine rings is 2. The molecule has 2 rings (SSSR count). The Kier molecular flexibility index (Phi) is 5.60. The molecule has 1 unspecified atom stereocenters. The maximum Gasteiger partial charge on any atom is 0.242 e. The second-order valence-corrected chi connectivity index (χ2v) is 5.12. The van der Waals surface area contributed by atoms with Crippen molar-refractivity contribution in [1.29, 1.82) is 0 Å². The van der Waals surface area contributed by atoms with Gasteiger partial charge in [0.15, 0.2) is 0 Å². The molecule has 19 heavy (non-hydrogen) atoms. The third-order valence-corrected chi connectivity index (χ3v) is 3.59. The molecule has 2 aliphatic rings. The largest absolute Gasteiger partial charge is 0.378 e. The Hall–Kier alpha value is -1.14. The second-order valence-electron chi connectivity index (χ2n) is 5.12. The number of rotatable bonds is 5. The SMILES string of the molecule is O=C(CCOC1CCNCC1)NC1CCCNC1=O. The first kappa shape index (κ1) is 14.3. The van der Waals surface area contributed by atoms with Gasteiger partial charge in [-0.15, -0.1) is 0 Å². The van der Waals surface area contributed by atoms with Crippen molar-refractivity contribution < 1.29 is 14.3 Å². The Bertz CT molecular complexity index is 316. The van der Waals surface area contributed by atoms with Crippen LogP contribution in [0.4, 0.5) is 0 Å². The number of carbonyl (C=O) groups is 2. The van der Waals surface area contributed by atoms with Gasteiger partial charge in [-0.1, -0.05) is 0 Å². The van der Waals surface area contributed by atoms with Gasteiger partial charge < -0.3 is 20.7 Å². The lowest BCUT2D eigenvalue weighted by atomic mass is 10.1. The molecule has 3 N–H and O–H groups in total. The topological polar surface area (TPSA) is 79.5 Å². The lowest BCUT2D eigenvalue weighted by Crippen LogP contribution is -2.50. The van der Waals surface area contributed by atoms with E-state index in [0.717, 1.165) is 38.8 Å². The van der Waals surface area contributed by atoms with E-state index in [1.807, 2.05) is 0 Å². The molecular weight excluding hydrogens is 246 g/mol. The summed E-state index contributed by atoms with van der Waals surface area (Å²) in [6.07, 6.45) is 4.26. The summed E-state index contributed by atoms with van der Waals surface area (Å²) in [5.74, 6) is -0.171. The van der Waals surface area contributed by atoms with Crippen LogP contribution in [-0.4, -0.2) is 50.2 Å². The van der Waals surface area contributed by atoms with Crippen LogP contribution in [0.1, 0.15) is 32.1 Å². The summed E-state index contributed by atoms with van der Waals surface area (Å²) in [4.78, 5) is 23.2. The predicted molar refractivity (Wildman–Crippen MR) is 70.6 cm³/mol. The quantitative estimate of drug-likeness (QED) is 0.631. The first-order valence-corrected chi connectivity index (χ1v) is 7.15. The Morgan fingerprint density at radius 3 is 2.79 bits per heavy atom. The van der Waals surface area contributed by atoms with Crippen LogP contribution in [0, 0.1) is 0 Å². The molecule has 0 radical (unpaired) electrons. The van der Waals surface area contributed by atoms with Gasteiger partial charge in [-0.3, -0.25) is 9.59 Å². The first-order valence-electron chi connectivity index (χ1n) is 7.15. The van der Waals surface area contributed by atoms with Crippen LogP contribution in [0.25, 0.3) is 0 Å². The van der Waals surface area contributed by atoms with Gasteiger partial charge in [0.05, 0.1) is 12.7 Å². The average Bonchev–Trinajstić information content (AvgIpc) is 2.43. The summed E-state index contributed by atoms with van der Waals surface area (Å²) in [7, 11) is 0. The van der Waals surface area contributed by atoms with E-state index in [1.165, 1.54) is 0 Å².